The van der Waals surface area contributed by atoms with E-state index in [0.717, 1.165) is 0 Å². The van der Waals surface area contributed by atoms with Crippen molar-refractivity contribution in [2.24, 2.45) is 5.73 Å². The third-order valence-electron chi connectivity index (χ3n) is 0.643. The molecule has 2 N–H and O–H groups in total. The van der Waals surface area contributed by atoms with Gasteiger partial charge in [0.05, 0.1) is 6.20 Å². The number of nitrogens with two attached hydrogens (primary N) is 1. The van der Waals surface area contributed by atoms with Crippen molar-refractivity contribution in [3.63, 3.8) is 0 Å². The van der Waals surface area contributed by atoms with Gasteiger partial charge in [0.2, 0.25) is 0 Å². The van der Waals surface area contributed by atoms with Crippen LogP contribution in [0.3, 0.4) is 0 Å². The summed E-state index contributed by atoms with van der Waals surface area (Å²) in [5, 5.41) is 0. The van der Waals surface area contributed by atoms with E-state index in [0.29, 0.717) is 0 Å². The SMILES string of the molecule is NC(=O)c1ncco1.[Na]. The first-order valence-electron chi connectivity index (χ1n) is 2.00. The zero-order chi connectivity index (χ0) is 5.98. The number of amides is 1. The smallest absolute Gasteiger partial charge is 0.304 e. The molecule has 0 saturated carbocycles. The van der Waals surface area contributed by atoms with Crippen LogP contribution in [0.5, 0.6) is 0 Å². The summed E-state index contributed by atoms with van der Waals surface area (Å²) in [5.74, 6) is -0.694. The maximum Gasteiger partial charge on any atom is 0.304 e. The minimum atomic E-state index is -0.644. The van der Waals surface area contributed by atoms with Crippen molar-refractivity contribution in [3.8, 4) is 0 Å². The van der Waals surface area contributed by atoms with E-state index in [9.17, 15) is 4.79 Å². The van der Waals surface area contributed by atoms with Gasteiger partial charge in [0.1, 0.15) is 6.26 Å². The van der Waals surface area contributed by atoms with Crippen molar-refractivity contribution in [2.75, 3.05) is 0 Å². The van der Waals surface area contributed by atoms with E-state index >= 15 is 0 Å². The molecule has 0 atom stereocenters. The van der Waals surface area contributed by atoms with Crippen molar-refractivity contribution in [1.29, 1.82) is 0 Å². The molecular weight excluding hydrogens is 131 g/mol. The van der Waals surface area contributed by atoms with Crippen LogP contribution in [-0.4, -0.2) is 40.4 Å². The predicted octanol–water partition coefficient (Wildman–Crippen LogP) is -0.607. The van der Waals surface area contributed by atoms with E-state index in [4.69, 9.17) is 5.73 Å². The van der Waals surface area contributed by atoms with Crippen LogP contribution in [0.15, 0.2) is 16.9 Å². The summed E-state index contributed by atoms with van der Waals surface area (Å²) in [6.45, 7) is 0. The van der Waals surface area contributed by atoms with Gasteiger partial charge in [-0.05, 0) is 0 Å². The molecule has 0 aliphatic rings. The largest absolute Gasteiger partial charge is 0.441 e. The first-order chi connectivity index (χ1) is 3.80. The van der Waals surface area contributed by atoms with Crippen molar-refractivity contribution < 1.29 is 9.21 Å². The maximum absolute atomic E-state index is 10.1. The Balaban J connectivity index is 0.000000640. The predicted molar refractivity (Wildman–Crippen MR) is 30.8 cm³/mol. The molecule has 4 nitrogen and oxygen atoms in total. The van der Waals surface area contributed by atoms with Crippen molar-refractivity contribution in [1.82, 2.24) is 4.98 Å². The summed E-state index contributed by atoms with van der Waals surface area (Å²) in [7, 11) is 0. The standard InChI is InChI=1S/C4H4N2O2.Na/c5-3(7)4-6-1-2-8-4;/h1-2H,(H2,5,7);. The fraction of sp³-hybridized carbons (Fsp3) is 0. The normalized spacial score (nSPS) is 8.00. The quantitative estimate of drug-likeness (QED) is 0.522. The van der Waals surface area contributed by atoms with Gasteiger partial charge in [-0.2, -0.15) is 0 Å². The van der Waals surface area contributed by atoms with Crippen LogP contribution in [0, 0.1) is 0 Å². The van der Waals surface area contributed by atoms with Gasteiger partial charge in [0.15, 0.2) is 0 Å². The van der Waals surface area contributed by atoms with Crippen molar-refractivity contribution in [2.45, 2.75) is 0 Å². The Morgan fingerprint density at radius 2 is 2.44 bits per heavy atom. The van der Waals surface area contributed by atoms with Gasteiger partial charge in [0, 0.05) is 29.6 Å². The Morgan fingerprint density at radius 3 is 2.67 bits per heavy atom. The summed E-state index contributed by atoms with van der Waals surface area (Å²) < 4.78 is 4.51. The summed E-state index contributed by atoms with van der Waals surface area (Å²) in [6.07, 6.45) is 2.65. The monoisotopic (exact) mass is 135 g/mol. The van der Waals surface area contributed by atoms with Crippen LogP contribution in [-0.2, 0) is 0 Å². The molecule has 5 heteroatoms. The van der Waals surface area contributed by atoms with Crippen LogP contribution in [0.25, 0.3) is 0 Å². The van der Waals surface area contributed by atoms with E-state index in [2.05, 4.69) is 9.40 Å². The number of oxazole rings is 1. The maximum atomic E-state index is 10.1. The third kappa shape index (κ3) is 2.17. The molecule has 0 saturated heterocycles. The first kappa shape index (κ1) is 8.68. The fourth-order valence-electron chi connectivity index (χ4n) is 0.345. The molecule has 0 unspecified atom stereocenters. The molecule has 0 bridgehead atoms. The van der Waals surface area contributed by atoms with Gasteiger partial charge < -0.3 is 10.2 Å². The van der Waals surface area contributed by atoms with Gasteiger partial charge in [0.25, 0.3) is 5.89 Å². The molecule has 9 heavy (non-hydrogen) atoms. The molecule has 43 valence electrons. The minimum absolute atomic E-state index is 0. The van der Waals surface area contributed by atoms with E-state index in [1.165, 1.54) is 12.5 Å². The average molecular weight is 135 g/mol. The number of rotatable bonds is 1. The van der Waals surface area contributed by atoms with Gasteiger partial charge in [-0.15, -0.1) is 0 Å². The molecule has 0 aliphatic carbocycles. The Labute approximate surface area is 73.7 Å². The average Bonchev–Trinajstić information content (AvgIpc) is 2.12. The molecule has 1 amide bonds. The summed E-state index contributed by atoms with van der Waals surface area (Å²) in [6, 6.07) is 0. The minimum Gasteiger partial charge on any atom is -0.441 e. The number of carbonyl (C=O) groups excluding carboxylic acids is 1. The Morgan fingerprint density at radius 1 is 1.78 bits per heavy atom. The van der Waals surface area contributed by atoms with Gasteiger partial charge in [-0.3, -0.25) is 4.79 Å². The zero-order valence-corrected chi connectivity index (χ0v) is 7.00. The van der Waals surface area contributed by atoms with Gasteiger partial charge in [-0.25, -0.2) is 4.98 Å². The third-order valence-corrected chi connectivity index (χ3v) is 0.643. The second kappa shape index (κ2) is 3.66. The number of hydrogen-bond donors (Lipinski definition) is 1. The second-order valence-electron chi connectivity index (χ2n) is 1.20. The molecule has 0 aliphatic heterocycles. The van der Waals surface area contributed by atoms with E-state index in [-0.39, 0.29) is 35.4 Å². The van der Waals surface area contributed by atoms with E-state index in [1.807, 2.05) is 0 Å². The summed E-state index contributed by atoms with van der Waals surface area (Å²) in [5.41, 5.74) is 4.76. The number of hydrogen-bond acceptors (Lipinski definition) is 3. The summed E-state index contributed by atoms with van der Waals surface area (Å²) in [4.78, 5) is 13.6. The fourth-order valence-corrected chi connectivity index (χ4v) is 0.345. The molecule has 1 heterocycles. The number of primary amides is 1. The van der Waals surface area contributed by atoms with Crippen LogP contribution < -0.4 is 5.73 Å². The van der Waals surface area contributed by atoms with Crippen molar-refractivity contribution >= 4 is 35.5 Å². The number of nitrogens with zero attached hydrogens (tertiary/aromatic N) is 1. The molecular formula is C4H4N2NaO2. The van der Waals surface area contributed by atoms with Crippen LogP contribution in [0.4, 0.5) is 0 Å². The Bertz CT molecular complexity index is 184. The molecule has 0 spiro atoms. The van der Waals surface area contributed by atoms with Crippen LogP contribution >= 0.6 is 0 Å². The zero-order valence-electron chi connectivity index (χ0n) is 5.00. The molecule has 0 aromatic carbocycles. The number of aromatic nitrogens is 1. The van der Waals surface area contributed by atoms with E-state index < -0.39 is 5.91 Å². The second-order valence-corrected chi connectivity index (χ2v) is 1.20. The summed E-state index contributed by atoms with van der Waals surface area (Å²) >= 11 is 0. The molecule has 0 fully saturated rings. The van der Waals surface area contributed by atoms with E-state index in [1.54, 1.807) is 0 Å². The molecule has 1 rings (SSSR count). The van der Waals surface area contributed by atoms with Crippen LogP contribution in [0.2, 0.25) is 0 Å². The number of carbonyl (C=O) groups is 1. The van der Waals surface area contributed by atoms with Gasteiger partial charge >= 0.3 is 5.91 Å². The molecule has 1 aromatic heterocycles. The first-order valence-corrected chi connectivity index (χ1v) is 2.00. The molecule has 1 radical (unpaired) electrons. The topological polar surface area (TPSA) is 69.1 Å². The van der Waals surface area contributed by atoms with Crippen molar-refractivity contribution in [3.05, 3.63) is 18.4 Å². The van der Waals surface area contributed by atoms with Crippen LogP contribution in [0.1, 0.15) is 10.7 Å². The molecule has 1 aromatic rings. The Kier molecular flexibility index (Phi) is 3.53. The van der Waals surface area contributed by atoms with Gasteiger partial charge in [-0.1, -0.05) is 0 Å². The Hall–Kier alpha value is -0.320.